The maximum atomic E-state index is 15.0. The number of hydrogen-bond acceptors (Lipinski definition) is 6. The van der Waals surface area contributed by atoms with Crippen LogP contribution < -0.4 is 5.56 Å². The Labute approximate surface area is 315 Å². The molecule has 0 bridgehead atoms. The van der Waals surface area contributed by atoms with Crippen LogP contribution in [-0.4, -0.2) is 75.0 Å². The van der Waals surface area contributed by atoms with Gasteiger partial charge in [-0.1, -0.05) is 49.6 Å². The maximum Gasteiger partial charge on any atom is 0.272 e. The highest BCUT2D eigenvalue weighted by Gasteiger charge is 2.55. The number of hydrogen-bond donors (Lipinski definition) is 2. The number of nitrogens with one attached hydrogen (secondary N) is 1. The third kappa shape index (κ3) is 6.86. The molecule has 10 heteroatoms. The maximum absolute atomic E-state index is 15.0. The van der Waals surface area contributed by atoms with E-state index in [-0.39, 0.29) is 34.3 Å². The molecule has 4 aliphatic carbocycles. The Kier molecular flexibility index (Phi) is 10.2. The lowest BCUT2D eigenvalue weighted by molar-refractivity contribution is -0.132. The first kappa shape index (κ1) is 36.5. The van der Waals surface area contributed by atoms with Crippen molar-refractivity contribution in [3.05, 3.63) is 98.3 Å². The Morgan fingerprint density at radius 3 is 2.54 bits per heavy atom. The second-order valence-corrected chi connectivity index (χ2v) is 16.6. The van der Waals surface area contributed by atoms with Gasteiger partial charge in [-0.2, -0.15) is 5.10 Å². The first-order valence-corrected chi connectivity index (χ1v) is 20.1. The van der Waals surface area contributed by atoms with E-state index in [1.165, 1.54) is 17.2 Å². The SMILES string of the molecule is C[C@]12C[C@H](CCCCCC(=O)N3CCN(C(=O)c4cc(Cc5n[nH]c(=O)c6ccccc56)ccc4F)CC3)C3=C4CCC(=O)C=C4CC[C@H]3[C@@H]1CCC2O. The molecule has 0 spiro atoms. The van der Waals surface area contributed by atoms with Crippen LogP contribution in [0.5, 0.6) is 0 Å². The molecule has 3 aromatic rings. The number of aliphatic hydroxyl groups is 1. The summed E-state index contributed by atoms with van der Waals surface area (Å²) in [6, 6.07) is 11.7. The molecule has 1 aliphatic heterocycles. The Morgan fingerprint density at radius 1 is 0.944 bits per heavy atom. The summed E-state index contributed by atoms with van der Waals surface area (Å²) in [5.74, 6) is 0.817. The van der Waals surface area contributed by atoms with E-state index in [4.69, 9.17) is 0 Å². The van der Waals surface area contributed by atoms with Crippen LogP contribution in [-0.2, 0) is 16.0 Å². The number of benzene rings is 2. The number of H-pyrrole nitrogens is 1. The second kappa shape index (κ2) is 15.0. The van der Waals surface area contributed by atoms with Crippen molar-refractivity contribution < 1.29 is 23.9 Å². The number of allylic oxidation sites excluding steroid dienone is 4. The third-order valence-electron chi connectivity index (χ3n) is 13.6. The number of aliphatic hydroxyl groups excluding tert-OH is 1. The Morgan fingerprint density at radius 2 is 1.72 bits per heavy atom. The van der Waals surface area contributed by atoms with Crippen LogP contribution in [0.15, 0.2) is 70.1 Å². The minimum atomic E-state index is -0.593. The van der Waals surface area contributed by atoms with Gasteiger partial charge in [-0.15, -0.1) is 0 Å². The molecule has 1 unspecified atom stereocenters. The molecule has 2 amide bonds. The van der Waals surface area contributed by atoms with Crippen LogP contribution in [0, 0.1) is 29.0 Å². The molecule has 1 saturated heterocycles. The normalized spacial score (nSPS) is 26.7. The van der Waals surface area contributed by atoms with Gasteiger partial charge in [-0.3, -0.25) is 19.2 Å². The van der Waals surface area contributed by atoms with Crippen LogP contribution >= 0.6 is 0 Å². The molecular weight excluding hydrogens is 684 g/mol. The molecule has 9 nitrogen and oxygen atoms in total. The van der Waals surface area contributed by atoms with Gasteiger partial charge in [-0.25, -0.2) is 9.49 Å². The molecule has 2 saturated carbocycles. The van der Waals surface area contributed by atoms with Crippen LogP contribution in [0.1, 0.15) is 106 Å². The van der Waals surface area contributed by atoms with Crippen molar-refractivity contribution >= 4 is 28.4 Å². The first-order valence-electron chi connectivity index (χ1n) is 20.1. The minimum absolute atomic E-state index is 0.00809. The zero-order valence-corrected chi connectivity index (χ0v) is 31.2. The number of fused-ring (bicyclic) bond motifs is 5. The number of aromatic amines is 1. The number of unbranched alkanes of at least 4 members (excludes halogenated alkanes) is 2. The molecule has 8 rings (SSSR count). The molecule has 1 aromatic heterocycles. The van der Waals surface area contributed by atoms with Gasteiger partial charge in [0.15, 0.2) is 5.78 Å². The van der Waals surface area contributed by atoms with Crippen molar-refractivity contribution in [2.45, 2.75) is 96.5 Å². The smallest absolute Gasteiger partial charge is 0.272 e. The second-order valence-electron chi connectivity index (χ2n) is 16.6. The molecule has 2 heterocycles. The van der Waals surface area contributed by atoms with Crippen molar-refractivity contribution in [3.8, 4) is 0 Å². The summed E-state index contributed by atoms with van der Waals surface area (Å²) >= 11 is 0. The molecule has 54 heavy (non-hydrogen) atoms. The van der Waals surface area contributed by atoms with Crippen LogP contribution in [0.4, 0.5) is 4.39 Å². The summed E-state index contributed by atoms with van der Waals surface area (Å²) in [5.41, 5.74) is 5.34. The number of rotatable bonds is 9. The standard InChI is InChI=1S/C44H51FN4O5/c1-44-26-29(41-31-15-13-30(50)25-28(31)12-14-34(41)36(44)16-18-39(44)51)7-3-2-4-10-40(52)48-19-21-49(22-20-48)43(54)35-23-27(11-17-37(35)45)24-38-32-8-5-6-9-33(32)42(53)47-46-38/h5-6,8-9,11,17,23,25,29,34,36,39,51H,2-4,7,10,12-16,18-22,24,26H2,1H3,(H,47,53)/t29-,34-,36-,39?,44-/m0/s1. The summed E-state index contributed by atoms with van der Waals surface area (Å²) in [6.07, 6.45) is 12.8. The van der Waals surface area contributed by atoms with E-state index in [0.717, 1.165) is 64.2 Å². The van der Waals surface area contributed by atoms with Gasteiger partial charge in [0.25, 0.3) is 11.5 Å². The molecular formula is C44H51FN4O5. The van der Waals surface area contributed by atoms with Crippen molar-refractivity contribution in [1.29, 1.82) is 0 Å². The Bertz CT molecular complexity index is 2100. The van der Waals surface area contributed by atoms with E-state index in [0.29, 0.717) is 85.2 Å². The fourth-order valence-electron chi connectivity index (χ4n) is 10.7. The van der Waals surface area contributed by atoms with Gasteiger partial charge in [-0.05, 0) is 116 Å². The van der Waals surface area contributed by atoms with E-state index in [1.807, 2.05) is 23.1 Å². The van der Waals surface area contributed by atoms with Crippen LogP contribution in [0.3, 0.4) is 0 Å². The molecule has 5 atom stereocenters. The quantitative estimate of drug-likeness (QED) is 0.237. The van der Waals surface area contributed by atoms with E-state index in [2.05, 4.69) is 17.1 Å². The largest absolute Gasteiger partial charge is 0.393 e. The van der Waals surface area contributed by atoms with Crippen molar-refractivity contribution in [1.82, 2.24) is 20.0 Å². The number of nitrogens with zero attached hydrogens (tertiary/aromatic N) is 3. The van der Waals surface area contributed by atoms with Gasteiger partial charge < -0.3 is 14.9 Å². The Hall–Kier alpha value is -4.44. The zero-order valence-electron chi connectivity index (χ0n) is 31.2. The number of piperazine rings is 1. The van der Waals surface area contributed by atoms with Crippen molar-refractivity contribution in [3.63, 3.8) is 0 Å². The molecule has 284 valence electrons. The van der Waals surface area contributed by atoms with Gasteiger partial charge in [0, 0.05) is 50.8 Å². The lowest BCUT2D eigenvalue weighted by Crippen LogP contribution is -2.50. The number of carbonyl (C=O) groups excluding carboxylic acids is 3. The highest BCUT2D eigenvalue weighted by Crippen LogP contribution is 2.62. The highest BCUT2D eigenvalue weighted by molar-refractivity contribution is 5.95. The average Bonchev–Trinajstić information content (AvgIpc) is 3.48. The lowest BCUT2D eigenvalue weighted by Gasteiger charge is -2.52. The minimum Gasteiger partial charge on any atom is -0.393 e. The number of ketones is 1. The summed E-state index contributed by atoms with van der Waals surface area (Å²) in [7, 11) is 0. The number of halogens is 1. The summed E-state index contributed by atoms with van der Waals surface area (Å²) in [4.78, 5) is 54.7. The predicted octanol–water partition coefficient (Wildman–Crippen LogP) is 6.68. The van der Waals surface area contributed by atoms with E-state index >= 15 is 4.39 Å². The van der Waals surface area contributed by atoms with Crippen molar-refractivity contribution in [2.75, 3.05) is 26.2 Å². The zero-order chi connectivity index (χ0) is 37.6. The van der Waals surface area contributed by atoms with Gasteiger partial charge in [0.2, 0.25) is 5.91 Å². The van der Waals surface area contributed by atoms with Gasteiger partial charge in [0.05, 0.1) is 22.7 Å². The highest BCUT2D eigenvalue weighted by atomic mass is 19.1. The summed E-state index contributed by atoms with van der Waals surface area (Å²) < 4.78 is 15.0. The van der Waals surface area contributed by atoms with E-state index in [9.17, 15) is 24.3 Å². The van der Waals surface area contributed by atoms with Crippen molar-refractivity contribution in [2.24, 2.45) is 23.2 Å². The molecule has 2 N–H and O–H groups in total. The van der Waals surface area contributed by atoms with Gasteiger partial charge >= 0.3 is 0 Å². The van der Waals surface area contributed by atoms with E-state index < -0.39 is 11.7 Å². The molecule has 5 aliphatic rings. The first-order chi connectivity index (χ1) is 26.1. The monoisotopic (exact) mass is 734 g/mol. The van der Waals surface area contributed by atoms with Gasteiger partial charge in [0.1, 0.15) is 5.82 Å². The predicted molar refractivity (Wildman–Crippen MR) is 204 cm³/mol. The summed E-state index contributed by atoms with van der Waals surface area (Å²) in [6.45, 7) is 3.83. The fourth-order valence-corrected chi connectivity index (χ4v) is 10.7. The third-order valence-corrected chi connectivity index (χ3v) is 13.6. The van der Waals surface area contributed by atoms with Crippen LogP contribution in [0.2, 0.25) is 0 Å². The fraction of sp³-hybridized carbons (Fsp3) is 0.523. The topological polar surface area (TPSA) is 124 Å². The Balaban J connectivity index is 0.835. The number of carbonyl (C=O) groups is 3. The molecule has 3 fully saturated rings. The number of amides is 2. The van der Waals surface area contributed by atoms with E-state index in [1.54, 1.807) is 34.7 Å². The molecule has 2 aromatic carbocycles. The average molecular weight is 735 g/mol. The summed E-state index contributed by atoms with van der Waals surface area (Å²) in [5, 5.41) is 19.1. The van der Waals surface area contributed by atoms with Crippen LogP contribution in [0.25, 0.3) is 10.8 Å². The molecule has 0 radical (unpaired) electrons. The lowest BCUT2D eigenvalue weighted by atomic mass is 9.53. The number of aromatic nitrogens is 2.